The van der Waals surface area contributed by atoms with Crippen LogP contribution in [-0.4, -0.2) is 17.9 Å². The van der Waals surface area contributed by atoms with E-state index in [9.17, 15) is 9.59 Å². The molecule has 1 fully saturated rings. The van der Waals surface area contributed by atoms with Gasteiger partial charge in [-0.3, -0.25) is 4.79 Å². The first-order valence-corrected chi connectivity index (χ1v) is 7.87. The Kier molecular flexibility index (Phi) is 5.16. The van der Waals surface area contributed by atoms with Crippen LogP contribution in [0, 0.1) is 5.41 Å². The van der Waals surface area contributed by atoms with Gasteiger partial charge in [0.2, 0.25) is 0 Å². The molecule has 3 heteroatoms. The van der Waals surface area contributed by atoms with E-state index >= 15 is 0 Å². The number of unbranched alkanes of at least 4 members (excludes halogenated alkanes) is 2. The number of ketones is 1. The van der Waals surface area contributed by atoms with Gasteiger partial charge >= 0.3 is 5.97 Å². The second-order valence-electron chi connectivity index (χ2n) is 6.18. The molecule has 1 saturated carbocycles. The molecule has 0 unspecified atom stereocenters. The lowest BCUT2D eigenvalue weighted by Crippen LogP contribution is -2.31. The first kappa shape index (κ1) is 15.7. The van der Waals surface area contributed by atoms with Crippen molar-refractivity contribution in [2.75, 3.05) is 0 Å². The highest BCUT2D eigenvalue weighted by Crippen LogP contribution is 2.40. The number of carbonyl (C=O) groups excluding carboxylic acids is 2. The predicted octanol–water partition coefficient (Wildman–Crippen LogP) is 4.16. The normalized spacial score (nSPS) is 25.0. The molecule has 114 valence electrons. The smallest absolute Gasteiger partial charge is 0.338 e. The van der Waals surface area contributed by atoms with E-state index in [0.717, 1.165) is 32.1 Å². The quantitative estimate of drug-likeness (QED) is 0.583. The largest absolute Gasteiger partial charge is 0.451 e. The zero-order valence-corrected chi connectivity index (χ0v) is 12.9. The maximum Gasteiger partial charge on any atom is 0.338 e. The SMILES string of the molecule is CCCCC[C@@]1(C)CC[C@H](OC(=O)c2ccccc2)C1=O. The molecule has 0 N–H and O–H groups in total. The first-order valence-electron chi connectivity index (χ1n) is 7.87. The lowest BCUT2D eigenvalue weighted by Gasteiger charge is -2.22. The molecular weight excluding hydrogens is 264 g/mol. The zero-order valence-electron chi connectivity index (χ0n) is 12.9. The Bertz CT molecular complexity index is 494. The summed E-state index contributed by atoms with van der Waals surface area (Å²) < 4.78 is 5.42. The number of hydrogen-bond donors (Lipinski definition) is 0. The summed E-state index contributed by atoms with van der Waals surface area (Å²) in [5.74, 6) is -0.297. The first-order chi connectivity index (χ1) is 10.1. The molecule has 1 aromatic carbocycles. The highest BCUT2D eigenvalue weighted by molar-refractivity contribution is 5.95. The molecule has 1 aliphatic carbocycles. The standard InChI is InChI=1S/C18H24O3/c1-3-4-8-12-18(2)13-11-15(16(18)19)21-17(20)14-9-6-5-7-10-14/h5-7,9-10,15H,3-4,8,11-13H2,1-2H3/t15-,18-/m0/s1. The summed E-state index contributed by atoms with van der Waals surface area (Å²) in [5, 5.41) is 0. The number of hydrogen-bond acceptors (Lipinski definition) is 3. The van der Waals surface area contributed by atoms with Crippen LogP contribution in [0.4, 0.5) is 0 Å². The van der Waals surface area contributed by atoms with E-state index in [-0.39, 0.29) is 11.2 Å². The molecule has 1 aliphatic rings. The number of ether oxygens (including phenoxy) is 1. The fourth-order valence-electron chi connectivity index (χ4n) is 2.99. The van der Waals surface area contributed by atoms with Crippen molar-refractivity contribution in [3.05, 3.63) is 35.9 Å². The van der Waals surface area contributed by atoms with Crippen molar-refractivity contribution in [2.45, 2.75) is 58.5 Å². The average Bonchev–Trinajstić information content (AvgIpc) is 2.77. The van der Waals surface area contributed by atoms with Crippen LogP contribution in [0.15, 0.2) is 30.3 Å². The molecular formula is C18H24O3. The summed E-state index contributed by atoms with van der Waals surface area (Å²) in [7, 11) is 0. The van der Waals surface area contributed by atoms with Crippen LogP contribution in [0.1, 0.15) is 62.7 Å². The number of carbonyl (C=O) groups is 2. The van der Waals surface area contributed by atoms with Gasteiger partial charge in [-0.05, 0) is 31.4 Å². The molecule has 0 aliphatic heterocycles. The Morgan fingerprint density at radius 2 is 2.00 bits per heavy atom. The number of rotatable bonds is 6. The molecule has 0 saturated heterocycles. The average molecular weight is 288 g/mol. The van der Waals surface area contributed by atoms with Crippen molar-refractivity contribution >= 4 is 11.8 Å². The fourth-order valence-corrected chi connectivity index (χ4v) is 2.99. The van der Waals surface area contributed by atoms with E-state index in [2.05, 4.69) is 6.92 Å². The van der Waals surface area contributed by atoms with Crippen LogP contribution in [0.3, 0.4) is 0 Å². The third kappa shape index (κ3) is 3.72. The van der Waals surface area contributed by atoms with Gasteiger partial charge in [0.15, 0.2) is 11.9 Å². The molecule has 0 heterocycles. The molecule has 0 amide bonds. The Morgan fingerprint density at radius 3 is 2.67 bits per heavy atom. The summed E-state index contributed by atoms with van der Waals surface area (Å²) in [6.07, 6.45) is 5.18. The van der Waals surface area contributed by atoms with E-state index in [1.165, 1.54) is 0 Å². The third-order valence-electron chi connectivity index (χ3n) is 4.44. The van der Waals surface area contributed by atoms with Crippen LogP contribution >= 0.6 is 0 Å². The topological polar surface area (TPSA) is 43.4 Å². The summed E-state index contributed by atoms with van der Waals surface area (Å²) in [6.45, 7) is 4.17. The van der Waals surface area contributed by atoms with Crippen LogP contribution in [0.25, 0.3) is 0 Å². The molecule has 0 spiro atoms. The minimum absolute atomic E-state index is 0.0999. The van der Waals surface area contributed by atoms with E-state index in [0.29, 0.717) is 12.0 Å². The van der Waals surface area contributed by atoms with Crippen molar-refractivity contribution in [3.63, 3.8) is 0 Å². The zero-order chi connectivity index (χ0) is 15.3. The third-order valence-corrected chi connectivity index (χ3v) is 4.44. The highest BCUT2D eigenvalue weighted by atomic mass is 16.5. The Labute approximate surface area is 126 Å². The molecule has 0 radical (unpaired) electrons. The highest BCUT2D eigenvalue weighted by Gasteiger charge is 2.45. The van der Waals surface area contributed by atoms with Gasteiger partial charge in [-0.15, -0.1) is 0 Å². The van der Waals surface area contributed by atoms with Gasteiger partial charge in [-0.25, -0.2) is 4.79 Å². The van der Waals surface area contributed by atoms with Crippen LogP contribution in [-0.2, 0) is 9.53 Å². The summed E-state index contributed by atoms with van der Waals surface area (Å²) in [5.41, 5.74) is 0.196. The van der Waals surface area contributed by atoms with E-state index < -0.39 is 12.1 Å². The number of esters is 1. The van der Waals surface area contributed by atoms with Crippen LogP contribution < -0.4 is 0 Å². The fraction of sp³-hybridized carbons (Fsp3) is 0.556. The molecule has 3 nitrogen and oxygen atoms in total. The molecule has 0 bridgehead atoms. The van der Waals surface area contributed by atoms with Gasteiger partial charge in [0, 0.05) is 5.41 Å². The summed E-state index contributed by atoms with van der Waals surface area (Å²) in [6, 6.07) is 8.86. The molecule has 1 aromatic rings. The molecule has 2 atom stereocenters. The minimum Gasteiger partial charge on any atom is -0.451 e. The predicted molar refractivity (Wildman–Crippen MR) is 82.1 cm³/mol. The van der Waals surface area contributed by atoms with Gasteiger partial charge in [-0.2, -0.15) is 0 Å². The van der Waals surface area contributed by atoms with E-state index in [1.807, 2.05) is 13.0 Å². The van der Waals surface area contributed by atoms with Crippen molar-refractivity contribution < 1.29 is 14.3 Å². The lowest BCUT2D eigenvalue weighted by molar-refractivity contribution is -0.132. The molecule has 21 heavy (non-hydrogen) atoms. The van der Waals surface area contributed by atoms with Gasteiger partial charge in [0.1, 0.15) is 0 Å². The number of Topliss-reactive ketones (excluding diaryl/α,β-unsaturated/α-hetero) is 1. The van der Waals surface area contributed by atoms with Crippen LogP contribution in [0.2, 0.25) is 0 Å². The summed E-state index contributed by atoms with van der Waals surface area (Å²) >= 11 is 0. The van der Waals surface area contributed by atoms with Gasteiger partial charge in [-0.1, -0.05) is 51.3 Å². The van der Waals surface area contributed by atoms with Crippen molar-refractivity contribution in [2.24, 2.45) is 5.41 Å². The molecule has 0 aromatic heterocycles. The maximum absolute atomic E-state index is 12.5. The second kappa shape index (κ2) is 6.88. The van der Waals surface area contributed by atoms with Gasteiger partial charge in [0.05, 0.1) is 5.56 Å². The van der Waals surface area contributed by atoms with Gasteiger partial charge in [0.25, 0.3) is 0 Å². The van der Waals surface area contributed by atoms with E-state index in [4.69, 9.17) is 4.74 Å². The lowest BCUT2D eigenvalue weighted by atomic mass is 9.82. The molecule has 2 rings (SSSR count). The van der Waals surface area contributed by atoms with Crippen molar-refractivity contribution in [1.82, 2.24) is 0 Å². The van der Waals surface area contributed by atoms with Crippen molar-refractivity contribution in [1.29, 1.82) is 0 Å². The Morgan fingerprint density at radius 1 is 1.29 bits per heavy atom. The van der Waals surface area contributed by atoms with Gasteiger partial charge < -0.3 is 4.74 Å². The van der Waals surface area contributed by atoms with Crippen molar-refractivity contribution in [3.8, 4) is 0 Å². The monoisotopic (exact) mass is 288 g/mol. The number of benzene rings is 1. The Hall–Kier alpha value is -1.64. The van der Waals surface area contributed by atoms with Crippen LogP contribution in [0.5, 0.6) is 0 Å². The Balaban J connectivity index is 1.94. The summed E-state index contributed by atoms with van der Waals surface area (Å²) in [4.78, 5) is 24.6. The minimum atomic E-state index is -0.565. The second-order valence-corrected chi connectivity index (χ2v) is 6.18. The maximum atomic E-state index is 12.5. The van der Waals surface area contributed by atoms with E-state index in [1.54, 1.807) is 24.3 Å².